The van der Waals surface area contributed by atoms with Crippen molar-refractivity contribution in [3.8, 4) is 5.75 Å². The lowest BCUT2D eigenvalue weighted by molar-refractivity contribution is 0.243. The zero-order valence-corrected chi connectivity index (χ0v) is 11.1. The van der Waals surface area contributed by atoms with E-state index in [2.05, 4.69) is 10.6 Å². The number of hydrogen-bond acceptors (Lipinski definition) is 2. The molecule has 0 unspecified atom stereocenters. The van der Waals surface area contributed by atoms with Gasteiger partial charge in [-0.25, -0.2) is 4.79 Å². The Hall–Kier alpha value is -1.97. The molecule has 2 N–H and O–H groups in total. The summed E-state index contributed by atoms with van der Waals surface area (Å²) in [6.45, 7) is 4.52. The van der Waals surface area contributed by atoms with Crippen molar-refractivity contribution in [2.75, 3.05) is 7.11 Å². The predicted molar refractivity (Wildman–Crippen MR) is 72.4 cm³/mol. The summed E-state index contributed by atoms with van der Waals surface area (Å²) >= 11 is 0. The van der Waals surface area contributed by atoms with E-state index in [-0.39, 0.29) is 6.03 Å². The molecule has 18 heavy (non-hydrogen) atoms. The van der Waals surface area contributed by atoms with E-state index in [1.54, 1.807) is 13.3 Å². The minimum atomic E-state index is -0.196. The first kappa shape index (κ1) is 14.1. The first-order valence-corrected chi connectivity index (χ1v) is 5.98. The topological polar surface area (TPSA) is 50.4 Å². The van der Waals surface area contributed by atoms with Crippen molar-refractivity contribution in [2.45, 2.75) is 26.8 Å². The maximum absolute atomic E-state index is 11.5. The highest BCUT2D eigenvalue weighted by molar-refractivity contribution is 5.74. The van der Waals surface area contributed by atoms with Crippen molar-refractivity contribution in [3.63, 3.8) is 0 Å². The molecule has 98 valence electrons. The molecule has 0 aliphatic heterocycles. The molecule has 0 saturated carbocycles. The second-order valence-corrected chi connectivity index (χ2v) is 4.02. The molecule has 0 bridgehead atoms. The number of rotatable bonds is 5. The molecule has 0 spiro atoms. The highest BCUT2D eigenvalue weighted by atomic mass is 16.5. The second-order valence-electron chi connectivity index (χ2n) is 4.02. The van der Waals surface area contributed by atoms with Crippen LogP contribution < -0.4 is 15.4 Å². The Morgan fingerprint density at radius 2 is 2.00 bits per heavy atom. The van der Waals surface area contributed by atoms with Gasteiger partial charge in [-0.15, -0.1) is 0 Å². The number of hydrogen-bond donors (Lipinski definition) is 2. The van der Waals surface area contributed by atoms with Crippen LogP contribution in [0.3, 0.4) is 0 Å². The summed E-state index contributed by atoms with van der Waals surface area (Å²) in [6.07, 6.45) is 2.65. The Balaban J connectivity index is 2.37. The van der Waals surface area contributed by atoms with Crippen molar-refractivity contribution >= 4 is 6.03 Å². The van der Waals surface area contributed by atoms with Gasteiger partial charge in [0.25, 0.3) is 0 Å². The predicted octanol–water partition coefficient (Wildman–Crippen LogP) is 2.81. The average Bonchev–Trinajstić information content (AvgIpc) is 2.42. The van der Waals surface area contributed by atoms with Crippen LogP contribution >= 0.6 is 0 Å². The summed E-state index contributed by atoms with van der Waals surface area (Å²) in [5.41, 5.74) is 2.16. The van der Waals surface area contributed by atoms with Gasteiger partial charge in [0.15, 0.2) is 0 Å². The number of urea groups is 1. The zero-order chi connectivity index (χ0) is 13.4. The van der Waals surface area contributed by atoms with E-state index in [0.29, 0.717) is 6.54 Å². The van der Waals surface area contributed by atoms with Crippen LogP contribution in [-0.2, 0) is 6.54 Å². The van der Waals surface area contributed by atoms with Gasteiger partial charge < -0.3 is 15.4 Å². The largest absolute Gasteiger partial charge is 0.497 e. The third-order valence-corrected chi connectivity index (χ3v) is 2.62. The maximum atomic E-state index is 11.5. The number of amides is 2. The van der Waals surface area contributed by atoms with E-state index < -0.39 is 0 Å². The van der Waals surface area contributed by atoms with Gasteiger partial charge in [0.1, 0.15) is 5.75 Å². The molecule has 0 aliphatic carbocycles. The Kier molecular flexibility index (Phi) is 5.77. The van der Waals surface area contributed by atoms with Crippen LogP contribution in [0.4, 0.5) is 4.79 Å². The Morgan fingerprint density at radius 3 is 2.56 bits per heavy atom. The minimum absolute atomic E-state index is 0.196. The van der Waals surface area contributed by atoms with Gasteiger partial charge in [-0.1, -0.05) is 24.6 Å². The molecular weight excluding hydrogens is 228 g/mol. The molecular formula is C14H20N2O2. The van der Waals surface area contributed by atoms with Crippen LogP contribution in [0.15, 0.2) is 36.0 Å². The molecule has 0 atom stereocenters. The van der Waals surface area contributed by atoms with Crippen molar-refractivity contribution in [1.82, 2.24) is 10.6 Å². The third kappa shape index (κ3) is 4.91. The van der Waals surface area contributed by atoms with E-state index in [9.17, 15) is 4.79 Å². The van der Waals surface area contributed by atoms with Gasteiger partial charge in [0, 0.05) is 12.7 Å². The lowest BCUT2D eigenvalue weighted by Crippen LogP contribution is -2.31. The molecule has 1 aromatic rings. The van der Waals surface area contributed by atoms with E-state index in [1.165, 1.54) is 0 Å². The van der Waals surface area contributed by atoms with Crippen molar-refractivity contribution in [2.24, 2.45) is 0 Å². The Labute approximate surface area is 108 Å². The molecule has 0 fully saturated rings. The normalized spacial score (nSPS) is 10.9. The minimum Gasteiger partial charge on any atom is -0.497 e. The van der Waals surface area contributed by atoms with Crippen molar-refractivity contribution in [3.05, 3.63) is 41.6 Å². The zero-order valence-electron chi connectivity index (χ0n) is 11.1. The van der Waals surface area contributed by atoms with Crippen LogP contribution in [-0.4, -0.2) is 13.1 Å². The number of allylic oxidation sites excluding steroid dienone is 1. The van der Waals surface area contributed by atoms with Crippen LogP contribution in [0, 0.1) is 0 Å². The standard InChI is InChI=1S/C14H20N2O2/c1-4-11(2)9-15-14(17)16-10-12-5-7-13(18-3)8-6-12/h5-9H,4,10H2,1-3H3,(H2,15,16,17)/b11-9+. The van der Waals surface area contributed by atoms with E-state index in [0.717, 1.165) is 23.3 Å². The molecule has 0 aliphatic rings. The molecule has 0 radical (unpaired) electrons. The average molecular weight is 248 g/mol. The molecule has 4 nitrogen and oxygen atoms in total. The SMILES string of the molecule is CC/C(C)=C/NC(=O)NCc1ccc(OC)cc1. The van der Waals surface area contributed by atoms with Gasteiger partial charge in [-0.05, 0) is 31.0 Å². The summed E-state index contributed by atoms with van der Waals surface area (Å²) < 4.78 is 5.06. The lowest BCUT2D eigenvalue weighted by Gasteiger charge is -2.06. The number of carbonyl (C=O) groups excluding carboxylic acids is 1. The smallest absolute Gasteiger partial charge is 0.319 e. The summed E-state index contributed by atoms with van der Waals surface area (Å²) in [5, 5.41) is 5.47. The quantitative estimate of drug-likeness (QED) is 0.841. The van der Waals surface area contributed by atoms with Gasteiger partial charge in [0.05, 0.1) is 7.11 Å². The molecule has 2 amide bonds. The van der Waals surface area contributed by atoms with Gasteiger partial charge in [-0.2, -0.15) is 0 Å². The molecule has 0 aromatic heterocycles. The van der Waals surface area contributed by atoms with Crippen LogP contribution in [0.5, 0.6) is 5.75 Å². The van der Waals surface area contributed by atoms with E-state index >= 15 is 0 Å². The molecule has 0 saturated heterocycles. The number of carbonyl (C=O) groups is 1. The number of ether oxygens (including phenoxy) is 1. The molecule has 0 heterocycles. The van der Waals surface area contributed by atoms with E-state index in [4.69, 9.17) is 4.74 Å². The first-order valence-electron chi connectivity index (χ1n) is 5.98. The fourth-order valence-electron chi connectivity index (χ4n) is 1.27. The van der Waals surface area contributed by atoms with Gasteiger partial charge in [0.2, 0.25) is 0 Å². The third-order valence-electron chi connectivity index (χ3n) is 2.62. The molecule has 4 heteroatoms. The fourth-order valence-corrected chi connectivity index (χ4v) is 1.27. The van der Waals surface area contributed by atoms with Crippen molar-refractivity contribution < 1.29 is 9.53 Å². The summed E-state index contributed by atoms with van der Waals surface area (Å²) in [6, 6.07) is 7.39. The first-order chi connectivity index (χ1) is 8.65. The molecule has 1 rings (SSSR count). The number of nitrogens with one attached hydrogen (secondary N) is 2. The lowest BCUT2D eigenvalue weighted by atomic mass is 10.2. The monoisotopic (exact) mass is 248 g/mol. The van der Waals surface area contributed by atoms with Gasteiger partial charge in [-0.3, -0.25) is 0 Å². The Morgan fingerprint density at radius 1 is 1.33 bits per heavy atom. The van der Waals surface area contributed by atoms with Gasteiger partial charge >= 0.3 is 6.03 Å². The summed E-state index contributed by atoms with van der Waals surface area (Å²) in [7, 11) is 1.63. The summed E-state index contributed by atoms with van der Waals surface area (Å²) in [4.78, 5) is 11.5. The highest BCUT2D eigenvalue weighted by Crippen LogP contribution is 2.10. The van der Waals surface area contributed by atoms with Crippen LogP contribution in [0.1, 0.15) is 25.8 Å². The molecule has 1 aromatic carbocycles. The summed E-state index contributed by atoms with van der Waals surface area (Å²) in [5.74, 6) is 0.810. The number of benzene rings is 1. The fraction of sp³-hybridized carbons (Fsp3) is 0.357. The van der Waals surface area contributed by atoms with Crippen LogP contribution in [0.2, 0.25) is 0 Å². The van der Waals surface area contributed by atoms with Crippen LogP contribution in [0.25, 0.3) is 0 Å². The van der Waals surface area contributed by atoms with E-state index in [1.807, 2.05) is 38.1 Å². The van der Waals surface area contributed by atoms with Crippen molar-refractivity contribution in [1.29, 1.82) is 0 Å². The second kappa shape index (κ2) is 7.37. The highest BCUT2D eigenvalue weighted by Gasteiger charge is 1.99. The maximum Gasteiger partial charge on any atom is 0.319 e. The number of methoxy groups -OCH3 is 1. The Bertz CT molecular complexity index is 410.